The third-order valence-corrected chi connectivity index (χ3v) is 65.4. The summed E-state index contributed by atoms with van der Waals surface area (Å²) < 4.78 is 113. The Hall–Kier alpha value is 0.0826. The summed E-state index contributed by atoms with van der Waals surface area (Å²) >= 11 is 0. The van der Waals surface area contributed by atoms with Crippen molar-refractivity contribution in [2.75, 3.05) is 85.3 Å². The summed E-state index contributed by atoms with van der Waals surface area (Å²) in [6.45, 7) is 36.0. The molecule has 68 heavy (non-hydrogen) atoms. The first-order valence-electron chi connectivity index (χ1n) is 21.7. The van der Waals surface area contributed by atoms with Crippen molar-refractivity contribution >= 4 is 104 Å². The highest BCUT2D eigenvalue weighted by Crippen LogP contribution is 2.21. The Morgan fingerprint density at radius 1 is 0.265 bits per heavy atom. The van der Waals surface area contributed by atoms with Crippen molar-refractivity contribution < 1.29 is 53.1 Å². The summed E-state index contributed by atoms with van der Waals surface area (Å²) in [5.74, 6) is 0. The zero-order chi connectivity index (χ0) is 52.6. The molecule has 3 aliphatic heterocycles. The van der Waals surface area contributed by atoms with Crippen LogP contribution in [0, 0.1) is 0 Å². The fraction of sp³-hybridized carbons (Fsp3) is 0.625. The molecule has 0 atom stereocenters. The van der Waals surface area contributed by atoms with Crippen molar-refractivity contribution in [3.63, 3.8) is 0 Å². The van der Waals surface area contributed by atoms with E-state index in [1.165, 1.54) is 0 Å². The van der Waals surface area contributed by atoms with Crippen LogP contribution < -0.4 is 55.8 Å². The van der Waals surface area contributed by atoms with Crippen LogP contribution in [0.25, 0.3) is 0 Å². The average molecular weight is 1170 g/mol. The van der Waals surface area contributed by atoms with Crippen LogP contribution in [-0.2, 0) is 53.1 Å². The molecule has 0 bridgehead atoms. The lowest BCUT2D eigenvalue weighted by Crippen LogP contribution is -2.93. The van der Waals surface area contributed by atoms with Gasteiger partial charge in [0, 0.05) is 85.3 Å². The minimum absolute atomic E-state index is 0.860. The minimum atomic E-state index is -2.85. The molecule has 12 N–H and O–H groups in total. The summed E-state index contributed by atoms with van der Waals surface area (Å²) in [4.78, 5) is 0. The quantitative estimate of drug-likeness (QED) is 0.0654. The number of nitrogens with one attached hydrogen (secondary N) is 12. The van der Waals surface area contributed by atoms with E-state index in [0.29, 0.717) is 0 Å². The highest BCUT2D eigenvalue weighted by atomic mass is 28.5. The van der Waals surface area contributed by atoms with E-state index in [0.717, 1.165) is 12.1 Å². The fourth-order valence-corrected chi connectivity index (χ4v) is 68.8. The lowest BCUT2D eigenvalue weighted by Gasteiger charge is -2.50. The van der Waals surface area contributed by atoms with Gasteiger partial charge >= 0.3 is 104 Å². The third kappa shape index (κ3) is 16.0. The second kappa shape index (κ2) is 27.0. The molecule has 3 aliphatic rings. The molecule has 0 saturated carbocycles. The van der Waals surface area contributed by atoms with Gasteiger partial charge in [-0.15, -0.1) is 39.5 Å². The molecule has 0 radical (unpaired) electrons. The summed E-state index contributed by atoms with van der Waals surface area (Å²) in [6, 6.07) is 1.72. The van der Waals surface area contributed by atoms with Crippen molar-refractivity contribution in [2.24, 2.45) is 0 Å². The van der Waals surface area contributed by atoms with Crippen LogP contribution >= 0.6 is 0 Å². The van der Waals surface area contributed by atoms with Crippen molar-refractivity contribution in [1.29, 1.82) is 0 Å². The van der Waals surface area contributed by atoms with E-state index < -0.39 is 104 Å². The molecule has 0 unspecified atom stereocenters. The number of hydrogen-bond donors (Lipinski definition) is 12. The summed E-state index contributed by atoms with van der Waals surface area (Å²) in [5, 5.41) is 0. The molecular formula is C32H88N12O12Si12. The predicted octanol–water partition coefficient (Wildman–Crippen LogP) is -0.991. The molecule has 0 amide bonds. The highest BCUT2D eigenvalue weighted by molar-refractivity contribution is 7.06. The average Bonchev–Trinajstić information content (AvgIpc) is 3.35. The van der Waals surface area contributed by atoms with Gasteiger partial charge in [0.05, 0.1) is 0 Å². The van der Waals surface area contributed by atoms with Crippen molar-refractivity contribution in [3.8, 4) is 0 Å². The molecule has 0 aromatic carbocycles. The zero-order valence-electron chi connectivity index (χ0n) is 44.0. The molecule has 3 saturated heterocycles. The molecule has 0 aromatic heterocycles. The lowest BCUT2D eigenvalue weighted by molar-refractivity contribution is 0.320. The topological polar surface area (TPSA) is 255 Å². The van der Waals surface area contributed by atoms with E-state index in [-0.39, 0.29) is 0 Å². The monoisotopic (exact) mass is 1170 g/mol. The van der Waals surface area contributed by atoms with Gasteiger partial charge in [-0.05, 0) is 72.5 Å². The van der Waals surface area contributed by atoms with E-state index in [4.69, 9.17) is 53.1 Å². The first kappa shape index (κ1) is 66.1. The maximum absolute atomic E-state index is 5.91. The molecule has 36 heteroatoms. The van der Waals surface area contributed by atoms with E-state index >= 15 is 0 Å². The molecule has 0 spiro atoms. The normalized spacial score (nSPS) is 42.3. The molecular weight excluding hydrogens is 1080 g/mol. The van der Waals surface area contributed by atoms with Gasteiger partial charge in [-0.3, -0.25) is 55.8 Å². The van der Waals surface area contributed by atoms with Gasteiger partial charge in [0.2, 0.25) is 0 Å². The molecule has 0 aromatic rings. The summed E-state index contributed by atoms with van der Waals surface area (Å²) in [7, 11) is -11.4. The van der Waals surface area contributed by atoms with Crippen molar-refractivity contribution in [3.05, 3.63) is 73.7 Å². The second-order valence-corrected chi connectivity index (χ2v) is 57.2. The van der Waals surface area contributed by atoms with Crippen LogP contribution in [0.15, 0.2) is 73.7 Å². The Morgan fingerprint density at radius 2 is 0.426 bits per heavy atom. The van der Waals surface area contributed by atoms with Gasteiger partial charge in [-0.25, -0.2) is 0 Å². The molecule has 0 aliphatic carbocycles. The lowest BCUT2D eigenvalue weighted by atomic mass is 11.0. The minimum Gasteiger partial charge on any atom is -0.396 e. The Morgan fingerprint density at radius 3 is 0.544 bits per heavy atom. The molecule has 3 rings (SSSR count). The van der Waals surface area contributed by atoms with Crippen LogP contribution in [-0.4, -0.2) is 189 Å². The maximum Gasteiger partial charge on any atom is 0.370 e. The van der Waals surface area contributed by atoms with E-state index in [9.17, 15) is 0 Å². The third-order valence-electron chi connectivity index (χ3n) is 11.9. The van der Waals surface area contributed by atoms with Gasteiger partial charge in [0.25, 0.3) is 0 Å². The SMILES string of the molecule is C=C[Si]1(OC)N[Si](C)(OC)N[Si](C=C)(OC)N[Si](C)(OC)N1.C=C[Si]1(OC)N[Si](C=C)(OC)N[Si](C=C)(OC)N[Si](C=C)(OC)N1.CC[Si]1(OC)N[Si](C)(OC)N[Si](CC)(OC)N[Si](C)(OC)N1. The predicted molar refractivity (Wildman–Crippen MR) is 296 cm³/mol. The first-order valence-corrected chi connectivity index (χ1v) is 47.4. The Balaban J connectivity index is 0.000000511. The summed E-state index contributed by atoms with van der Waals surface area (Å²) in [6.07, 6.45) is 0. The second-order valence-electron chi connectivity index (χ2n) is 16.1. The van der Waals surface area contributed by atoms with E-state index in [2.05, 4.69) is 122 Å². The van der Waals surface area contributed by atoms with Gasteiger partial charge < -0.3 is 53.1 Å². The van der Waals surface area contributed by atoms with E-state index in [1.807, 2.05) is 13.1 Å². The summed E-state index contributed by atoms with van der Waals surface area (Å²) in [5.41, 5.74) is 10.5. The number of hydrogen-bond acceptors (Lipinski definition) is 24. The van der Waals surface area contributed by atoms with Crippen molar-refractivity contribution in [1.82, 2.24) is 55.8 Å². The van der Waals surface area contributed by atoms with Crippen LogP contribution in [0.4, 0.5) is 0 Å². The van der Waals surface area contributed by atoms with Crippen LogP contribution in [0.2, 0.25) is 38.3 Å². The molecule has 3 heterocycles. The Kier molecular flexibility index (Phi) is 26.3. The highest BCUT2D eigenvalue weighted by Gasteiger charge is 2.61. The van der Waals surface area contributed by atoms with Gasteiger partial charge in [-0.2, -0.15) is 0 Å². The van der Waals surface area contributed by atoms with Gasteiger partial charge in [0.1, 0.15) is 0 Å². The number of rotatable bonds is 20. The van der Waals surface area contributed by atoms with E-state index in [1.54, 1.807) is 120 Å². The molecule has 3 fully saturated rings. The largest absolute Gasteiger partial charge is 0.396 e. The zero-order valence-corrected chi connectivity index (χ0v) is 56.0. The Bertz CT molecular complexity index is 1480. The molecule has 396 valence electrons. The van der Waals surface area contributed by atoms with Crippen LogP contribution in [0.5, 0.6) is 0 Å². The van der Waals surface area contributed by atoms with Gasteiger partial charge in [-0.1, -0.05) is 13.8 Å². The molecule has 24 nitrogen and oxygen atoms in total. The maximum atomic E-state index is 5.91. The standard InChI is InChI=1S/C12H28N4O4Si4.C10H32N4O4Si4.C10H28N4O4Si4/c1-9-21(17-5)13-22(10-2,18-6)15-24(12-4,20-8)16-23(11-3,14-21)19-7;2*1-9-21(17-5)11-19(7,15-3)13-22(10-2,18-6)14-20(8,12-21)16-4/h9-16H,1-4H2,5-8H3;11-14H,9-10H2,1-8H3;9-14H,1-2H2,3-8H3. The van der Waals surface area contributed by atoms with Gasteiger partial charge in [0.15, 0.2) is 0 Å². The fourth-order valence-electron chi connectivity index (χ4n) is 7.42. The van der Waals surface area contributed by atoms with Crippen LogP contribution in [0.3, 0.4) is 0 Å². The Labute approximate surface area is 421 Å². The van der Waals surface area contributed by atoms with Crippen molar-refractivity contribution in [2.45, 2.75) is 52.1 Å². The smallest absolute Gasteiger partial charge is 0.370 e. The first-order chi connectivity index (χ1) is 31.7. The van der Waals surface area contributed by atoms with Crippen LogP contribution in [0.1, 0.15) is 13.8 Å².